The molecule has 6 heteroatoms. The van der Waals surface area contributed by atoms with Crippen LogP contribution in [-0.4, -0.2) is 22.3 Å². The van der Waals surface area contributed by atoms with Crippen LogP contribution in [0.4, 0.5) is 13.2 Å². The third kappa shape index (κ3) is 3.27. The van der Waals surface area contributed by atoms with E-state index in [9.17, 15) is 18.0 Å². The highest BCUT2D eigenvalue weighted by molar-refractivity contribution is 5.83. The molecular formula is C19H25F3N2O. The Labute approximate surface area is 152 Å². The number of alkyl halides is 3. The van der Waals surface area contributed by atoms with E-state index >= 15 is 0 Å². The molecule has 0 bridgehead atoms. The van der Waals surface area contributed by atoms with Gasteiger partial charge in [-0.1, -0.05) is 20.7 Å². The van der Waals surface area contributed by atoms with E-state index in [2.05, 4.69) is 4.98 Å². The zero-order valence-electron chi connectivity index (χ0n) is 18.4. The number of carbonyl (C=O) groups excluding carboxylic acids is 1. The van der Waals surface area contributed by atoms with Gasteiger partial charge in [-0.25, -0.2) is 0 Å². The number of hydrogen-bond donors (Lipinski definition) is 0. The Morgan fingerprint density at radius 2 is 2.32 bits per heavy atom. The first-order valence-corrected chi connectivity index (χ1v) is 8.53. The highest BCUT2D eigenvalue weighted by Crippen LogP contribution is 2.48. The van der Waals surface area contributed by atoms with Crippen LogP contribution >= 0.6 is 0 Å². The van der Waals surface area contributed by atoms with E-state index in [0.29, 0.717) is 24.1 Å². The van der Waals surface area contributed by atoms with Crippen LogP contribution in [0.15, 0.2) is 12.3 Å². The summed E-state index contributed by atoms with van der Waals surface area (Å²) in [5, 5.41) is 0. The van der Waals surface area contributed by atoms with Crippen molar-refractivity contribution >= 4 is 5.91 Å². The summed E-state index contributed by atoms with van der Waals surface area (Å²) in [5.41, 5.74) is -1.42. The number of halogens is 3. The number of hydrogen-bond acceptors (Lipinski definition) is 2. The van der Waals surface area contributed by atoms with Crippen molar-refractivity contribution in [2.45, 2.75) is 59.1 Å². The van der Waals surface area contributed by atoms with Crippen LogP contribution in [0.25, 0.3) is 0 Å². The summed E-state index contributed by atoms with van der Waals surface area (Å²) in [6.07, 6.45) is -2.22. The van der Waals surface area contributed by atoms with Crippen molar-refractivity contribution in [3.63, 3.8) is 0 Å². The minimum atomic E-state index is -4.53. The highest BCUT2D eigenvalue weighted by atomic mass is 19.4. The van der Waals surface area contributed by atoms with E-state index in [0.717, 1.165) is 12.3 Å². The number of carbonyl (C=O) groups is 1. The van der Waals surface area contributed by atoms with Gasteiger partial charge in [0.25, 0.3) is 0 Å². The Hall–Kier alpha value is -1.59. The summed E-state index contributed by atoms with van der Waals surface area (Å²) < 4.78 is 71.3. The van der Waals surface area contributed by atoms with Crippen LogP contribution in [0, 0.1) is 17.2 Å². The first kappa shape index (κ1) is 13.6. The minimum Gasteiger partial charge on any atom is -0.337 e. The zero-order chi connectivity index (χ0) is 21.8. The number of rotatable bonds is 2. The molecule has 25 heavy (non-hydrogen) atoms. The second-order valence-electron chi connectivity index (χ2n) is 7.36. The van der Waals surface area contributed by atoms with Crippen molar-refractivity contribution in [1.29, 1.82) is 0 Å². The van der Waals surface area contributed by atoms with Gasteiger partial charge in [0.2, 0.25) is 5.91 Å². The molecule has 0 spiro atoms. The van der Waals surface area contributed by atoms with E-state index < -0.39 is 35.8 Å². The summed E-state index contributed by atoms with van der Waals surface area (Å²) in [4.78, 5) is 18.9. The van der Waals surface area contributed by atoms with Crippen LogP contribution in [0.3, 0.4) is 0 Å². The number of pyridine rings is 1. The van der Waals surface area contributed by atoms with Crippen molar-refractivity contribution in [2.24, 2.45) is 17.2 Å². The molecule has 1 unspecified atom stereocenters. The van der Waals surface area contributed by atoms with Gasteiger partial charge in [0, 0.05) is 36.9 Å². The molecule has 1 aromatic rings. The number of nitrogens with zero attached hydrogens (tertiary/aromatic N) is 2. The molecule has 1 saturated carbocycles. The lowest BCUT2D eigenvalue weighted by Crippen LogP contribution is -2.47. The summed E-state index contributed by atoms with van der Waals surface area (Å²) in [5.74, 6) is -2.34. The molecule has 1 fully saturated rings. The number of aromatic nitrogens is 1. The SMILES string of the molecule is [2H]C([2H])([2H])C([2H])(C)[C@]1(C(=O)N2CCc3ncc(C(F)(F)F)cc3C2)CC[C@@H](C)C1. The molecule has 0 aromatic carbocycles. The van der Waals surface area contributed by atoms with Gasteiger partial charge in [-0.15, -0.1) is 0 Å². The normalized spacial score (nSPS) is 32.0. The van der Waals surface area contributed by atoms with E-state index in [1.165, 1.54) is 11.8 Å². The molecule has 1 aliphatic heterocycles. The molecule has 0 radical (unpaired) electrons. The quantitative estimate of drug-likeness (QED) is 0.783. The second kappa shape index (κ2) is 6.29. The maximum absolute atomic E-state index is 13.6. The van der Waals surface area contributed by atoms with E-state index in [1.54, 1.807) is 0 Å². The molecule has 0 N–H and O–H groups in total. The maximum Gasteiger partial charge on any atom is 0.417 e. The molecule has 2 heterocycles. The average Bonchev–Trinajstić information content (AvgIpc) is 3.02. The molecular weight excluding hydrogens is 329 g/mol. The molecule has 0 saturated heterocycles. The van der Waals surface area contributed by atoms with Crippen molar-refractivity contribution < 1.29 is 23.4 Å². The molecule has 2 aliphatic rings. The summed E-state index contributed by atoms with van der Waals surface area (Å²) in [6.45, 7) is 0.744. The first-order valence-electron chi connectivity index (χ1n) is 10.5. The smallest absolute Gasteiger partial charge is 0.337 e. The second-order valence-corrected chi connectivity index (χ2v) is 7.36. The van der Waals surface area contributed by atoms with Gasteiger partial charge in [-0.2, -0.15) is 13.2 Å². The number of amides is 1. The highest BCUT2D eigenvalue weighted by Gasteiger charge is 2.48. The zero-order valence-corrected chi connectivity index (χ0v) is 14.4. The fraction of sp³-hybridized carbons (Fsp3) is 0.684. The van der Waals surface area contributed by atoms with E-state index in [4.69, 9.17) is 5.48 Å². The number of fused-ring (bicyclic) bond motifs is 1. The molecule has 138 valence electrons. The van der Waals surface area contributed by atoms with Gasteiger partial charge in [0.05, 0.1) is 11.0 Å². The van der Waals surface area contributed by atoms with Crippen molar-refractivity contribution in [2.75, 3.05) is 6.54 Å². The maximum atomic E-state index is 13.6. The van der Waals surface area contributed by atoms with Crippen LogP contribution in [0.5, 0.6) is 0 Å². The fourth-order valence-electron chi connectivity index (χ4n) is 4.04. The van der Waals surface area contributed by atoms with Crippen LogP contribution in [0.2, 0.25) is 0 Å². The van der Waals surface area contributed by atoms with E-state index in [1.807, 2.05) is 6.92 Å². The largest absolute Gasteiger partial charge is 0.417 e. The Balaban J connectivity index is 1.95. The molecule has 3 nitrogen and oxygen atoms in total. The summed E-state index contributed by atoms with van der Waals surface area (Å²) in [6, 6.07) is 1.01. The third-order valence-corrected chi connectivity index (χ3v) is 5.54. The molecule has 1 aromatic heterocycles. The lowest BCUT2D eigenvalue weighted by atomic mass is 9.73. The minimum absolute atomic E-state index is 0.0572. The Morgan fingerprint density at radius 3 is 2.92 bits per heavy atom. The van der Waals surface area contributed by atoms with Crippen LogP contribution in [-0.2, 0) is 23.9 Å². The Kier molecular flexibility index (Phi) is 3.42. The summed E-state index contributed by atoms with van der Waals surface area (Å²) in [7, 11) is 0. The van der Waals surface area contributed by atoms with E-state index in [-0.39, 0.29) is 31.8 Å². The third-order valence-electron chi connectivity index (χ3n) is 5.54. The van der Waals surface area contributed by atoms with Gasteiger partial charge < -0.3 is 4.90 Å². The lowest BCUT2D eigenvalue weighted by molar-refractivity contribution is -0.146. The predicted molar refractivity (Wildman–Crippen MR) is 88.6 cm³/mol. The predicted octanol–water partition coefficient (Wildman–Crippen LogP) is 4.45. The standard InChI is InChI=1S/C19H25F3N2O/c1-12(2)18(6-4-13(3)9-18)17(25)24-7-5-16-14(11-24)8-15(10-23-16)19(20,21)22/h8,10,12-13H,4-7,9,11H2,1-3H3/t13-,18+/m1/s1/i1D3,12D/t12?,13-,18+. The molecule has 1 aliphatic carbocycles. The fourth-order valence-corrected chi connectivity index (χ4v) is 4.04. The topological polar surface area (TPSA) is 33.2 Å². The van der Waals surface area contributed by atoms with Crippen molar-refractivity contribution in [1.82, 2.24) is 9.88 Å². The van der Waals surface area contributed by atoms with Gasteiger partial charge >= 0.3 is 6.18 Å². The summed E-state index contributed by atoms with van der Waals surface area (Å²) >= 11 is 0. The lowest BCUT2D eigenvalue weighted by Gasteiger charge is -2.39. The molecule has 3 rings (SSSR count). The van der Waals surface area contributed by atoms with Crippen LogP contribution in [0.1, 0.15) is 62.3 Å². The van der Waals surface area contributed by atoms with Gasteiger partial charge in [-0.3, -0.25) is 9.78 Å². The Morgan fingerprint density at radius 1 is 1.56 bits per heavy atom. The molecule has 3 atom stereocenters. The van der Waals surface area contributed by atoms with Gasteiger partial charge in [-0.05, 0) is 42.7 Å². The van der Waals surface area contributed by atoms with Gasteiger partial charge in [0.15, 0.2) is 0 Å². The molecule has 1 amide bonds. The van der Waals surface area contributed by atoms with Crippen LogP contribution < -0.4 is 0 Å². The van der Waals surface area contributed by atoms with Crippen molar-refractivity contribution in [3.8, 4) is 0 Å². The monoisotopic (exact) mass is 358 g/mol. The average molecular weight is 358 g/mol. The first-order chi connectivity index (χ1) is 13.2. The van der Waals surface area contributed by atoms with Gasteiger partial charge in [0.1, 0.15) is 0 Å². The van der Waals surface area contributed by atoms with Crippen molar-refractivity contribution in [3.05, 3.63) is 29.1 Å². The Bertz CT molecular complexity index is 810.